The number of nitrogens with zero attached hydrogens (tertiary/aromatic N) is 1. The molecule has 0 bridgehead atoms. The Hall–Kier alpha value is -0.800. The van der Waals surface area contributed by atoms with Gasteiger partial charge in [-0.1, -0.05) is 27.2 Å². The van der Waals surface area contributed by atoms with Gasteiger partial charge in [-0.2, -0.15) is 0 Å². The molecule has 0 saturated carbocycles. The van der Waals surface area contributed by atoms with Crippen LogP contribution in [0.3, 0.4) is 0 Å². The summed E-state index contributed by atoms with van der Waals surface area (Å²) in [6.45, 7) is 12.7. The second-order valence-corrected chi connectivity index (χ2v) is 5.91. The zero-order valence-electron chi connectivity index (χ0n) is 13.3. The minimum atomic E-state index is 0.677. The maximum absolute atomic E-state index is 5.81. The summed E-state index contributed by atoms with van der Waals surface area (Å²) in [5.41, 5.74) is 1.32. The van der Waals surface area contributed by atoms with Crippen molar-refractivity contribution in [1.29, 1.82) is 0 Å². The second kappa shape index (κ2) is 8.39. The normalized spacial score (nSPS) is 11.7. The quantitative estimate of drug-likeness (QED) is 0.740. The van der Waals surface area contributed by atoms with Gasteiger partial charge in [0.25, 0.3) is 0 Å². The van der Waals surface area contributed by atoms with Crippen molar-refractivity contribution in [3.8, 4) is 0 Å². The molecule has 1 N–H and O–H groups in total. The van der Waals surface area contributed by atoms with Crippen LogP contribution >= 0.6 is 0 Å². The molecule has 0 amide bonds. The van der Waals surface area contributed by atoms with Crippen LogP contribution in [-0.4, -0.2) is 25.0 Å². The maximum Gasteiger partial charge on any atom is 0.118 e. The number of nitrogens with one attached hydrogen (secondary N) is 1. The van der Waals surface area contributed by atoms with Gasteiger partial charge < -0.3 is 14.6 Å². The molecule has 0 aromatic carbocycles. The zero-order valence-corrected chi connectivity index (χ0v) is 13.3. The molecule has 1 aromatic heterocycles. The Labute approximate surface area is 118 Å². The SMILES string of the molecule is CCCCN(C)Cc1cc(CNCC(C)C)oc1C. The molecule has 0 saturated heterocycles. The molecule has 0 radical (unpaired) electrons. The van der Waals surface area contributed by atoms with E-state index >= 15 is 0 Å². The molecule has 0 aliphatic carbocycles. The molecule has 1 heterocycles. The summed E-state index contributed by atoms with van der Waals surface area (Å²) in [7, 11) is 2.18. The molecule has 0 aliphatic heterocycles. The standard InChI is InChI=1S/C16H30N2O/c1-6-7-8-18(5)12-15-9-16(19-14(15)4)11-17-10-13(2)3/h9,13,17H,6-8,10-12H2,1-5H3. The van der Waals surface area contributed by atoms with Crippen LogP contribution < -0.4 is 5.32 Å². The number of hydrogen-bond donors (Lipinski definition) is 1. The van der Waals surface area contributed by atoms with Crippen molar-refractivity contribution in [2.75, 3.05) is 20.1 Å². The fourth-order valence-electron chi connectivity index (χ4n) is 2.11. The van der Waals surface area contributed by atoms with Gasteiger partial charge in [0.2, 0.25) is 0 Å². The Morgan fingerprint density at radius 2 is 2.11 bits per heavy atom. The highest BCUT2D eigenvalue weighted by Crippen LogP contribution is 2.16. The first-order chi connectivity index (χ1) is 9.02. The summed E-state index contributed by atoms with van der Waals surface area (Å²) in [4.78, 5) is 2.37. The molecule has 110 valence electrons. The van der Waals surface area contributed by atoms with Crippen molar-refractivity contribution in [2.45, 2.75) is 53.6 Å². The van der Waals surface area contributed by atoms with Crippen LogP contribution in [-0.2, 0) is 13.1 Å². The Bertz CT molecular complexity index is 358. The van der Waals surface area contributed by atoms with Crippen molar-refractivity contribution in [3.05, 3.63) is 23.2 Å². The van der Waals surface area contributed by atoms with Gasteiger partial charge in [-0.25, -0.2) is 0 Å². The first-order valence-electron chi connectivity index (χ1n) is 7.50. The molecule has 1 rings (SSSR count). The third kappa shape index (κ3) is 6.26. The Balaban J connectivity index is 2.44. The van der Waals surface area contributed by atoms with Crippen LogP contribution in [0.5, 0.6) is 0 Å². The first-order valence-corrected chi connectivity index (χ1v) is 7.50. The molecule has 1 aromatic rings. The van der Waals surface area contributed by atoms with Crippen molar-refractivity contribution < 1.29 is 4.42 Å². The second-order valence-electron chi connectivity index (χ2n) is 5.91. The lowest BCUT2D eigenvalue weighted by Crippen LogP contribution is -2.19. The van der Waals surface area contributed by atoms with Crippen molar-refractivity contribution in [3.63, 3.8) is 0 Å². The lowest BCUT2D eigenvalue weighted by atomic mass is 10.2. The van der Waals surface area contributed by atoms with E-state index in [9.17, 15) is 0 Å². The number of hydrogen-bond acceptors (Lipinski definition) is 3. The Kier molecular flexibility index (Phi) is 7.17. The van der Waals surface area contributed by atoms with Gasteiger partial charge in [-0.3, -0.25) is 0 Å². The molecule has 0 spiro atoms. The third-order valence-electron chi connectivity index (χ3n) is 3.26. The lowest BCUT2D eigenvalue weighted by molar-refractivity contribution is 0.318. The van der Waals surface area contributed by atoms with Gasteiger partial charge in [0.1, 0.15) is 11.5 Å². The largest absolute Gasteiger partial charge is 0.465 e. The predicted octanol–water partition coefficient (Wildman–Crippen LogP) is 3.57. The van der Waals surface area contributed by atoms with Gasteiger partial charge >= 0.3 is 0 Å². The molecular weight excluding hydrogens is 236 g/mol. The monoisotopic (exact) mass is 266 g/mol. The van der Waals surface area contributed by atoms with Crippen LogP contribution in [0.1, 0.15) is 50.7 Å². The van der Waals surface area contributed by atoms with E-state index in [4.69, 9.17) is 4.42 Å². The zero-order chi connectivity index (χ0) is 14.3. The summed E-state index contributed by atoms with van der Waals surface area (Å²) in [5, 5.41) is 3.42. The van der Waals surface area contributed by atoms with Crippen molar-refractivity contribution in [2.24, 2.45) is 5.92 Å². The van der Waals surface area contributed by atoms with E-state index in [1.54, 1.807) is 0 Å². The van der Waals surface area contributed by atoms with E-state index in [-0.39, 0.29) is 0 Å². The van der Waals surface area contributed by atoms with Crippen LogP contribution in [0, 0.1) is 12.8 Å². The average Bonchev–Trinajstić information content (AvgIpc) is 2.67. The van der Waals surface area contributed by atoms with E-state index in [1.807, 2.05) is 0 Å². The third-order valence-corrected chi connectivity index (χ3v) is 3.26. The number of furan rings is 1. The number of aryl methyl sites for hydroxylation is 1. The maximum atomic E-state index is 5.81. The first kappa shape index (κ1) is 16.3. The smallest absolute Gasteiger partial charge is 0.118 e. The molecule has 0 aliphatic rings. The van der Waals surface area contributed by atoms with E-state index in [0.29, 0.717) is 5.92 Å². The Morgan fingerprint density at radius 1 is 1.37 bits per heavy atom. The topological polar surface area (TPSA) is 28.4 Å². The van der Waals surface area contributed by atoms with Crippen molar-refractivity contribution >= 4 is 0 Å². The summed E-state index contributed by atoms with van der Waals surface area (Å²) in [6, 6.07) is 2.20. The lowest BCUT2D eigenvalue weighted by Gasteiger charge is -2.15. The van der Waals surface area contributed by atoms with E-state index in [2.05, 4.69) is 51.0 Å². The molecule has 19 heavy (non-hydrogen) atoms. The minimum absolute atomic E-state index is 0.677. The molecular formula is C16H30N2O. The van der Waals surface area contributed by atoms with Crippen LogP contribution in [0.2, 0.25) is 0 Å². The predicted molar refractivity (Wildman–Crippen MR) is 81.2 cm³/mol. The minimum Gasteiger partial charge on any atom is -0.465 e. The fraction of sp³-hybridized carbons (Fsp3) is 0.750. The van der Waals surface area contributed by atoms with Gasteiger partial charge in [-0.05, 0) is 45.5 Å². The van der Waals surface area contributed by atoms with Crippen LogP contribution in [0.4, 0.5) is 0 Å². The van der Waals surface area contributed by atoms with E-state index in [1.165, 1.54) is 18.4 Å². The summed E-state index contributed by atoms with van der Waals surface area (Å²) in [5.74, 6) is 2.79. The molecule has 0 unspecified atom stereocenters. The van der Waals surface area contributed by atoms with Crippen LogP contribution in [0.25, 0.3) is 0 Å². The van der Waals surface area contributed by atoms with Crippen molar-refractivity contribution in [1.82, 2.24) is 10.2 Å². The molecule has 0 fully saturated rings. The van der Waals surface area contributed by atoms with Gasteiger partial charge in [0.05, 0.1) is 6.54 Å². The van der Waals surface area contributed by atoms with Crippen LogP contribution in [0.15, 0.2) is 10.5 Å². The average molecular weight is 266 g/mol. The van der Waals surface area contributed by atoms with Gasteiger partial charge in [-0.15, -0.1) is 0 Å². The highest BCUT2D eigenvalue weighted by Gasteiger charge is 2.09. The number of unbranched alkanes of at least 4 members (excludes halogenated alkanes) is 1. The highest BCUT2D eigenvalue weighted by atomic mass is 16.3. The van der Waals surface area contributed by atoms with Gasteiger partial charge in [0.15, 0.2) is 0 Å². The molecule has 0 atom stereocenters. The Morgan fingerprint density at radius 3 is 2.74 bits per heavy atom. The highest BCUT2D eigenvalue weighted by molar-refractivity contribution is 5.20. The van der Waals surface area contributed by atoms with Gasteiger partial charge in [0, 0.05) is 12.1 Å². The summed E-state index contributed by atoms with van der Waals surface area (Å²) >= 11 is 0. The number of rotatable bonds is 9. The fourth-order valence-corrected chi connectivity index (χ4v) is 2.11. The van der Waals surface area contributed by atoms with E-state index < -0.39 is 0 Å². The summed E-state index contributed by atoms with van der Waals surface area (Å²) < 4.78 is 5.81. The summed E-state index contributed by atoms with van der Waals surface area (Å²) in [6.07, 6.45) is 2.51. The van der Waals surface area contributed by atoms with E-state index in [0.717, 1.165) is 37.7 Å². The molecule has 3 nitrogen and oxygen atoms in total. The molecule has 3 heteroatoms.